The van der Waals surface area contributed by atoms with Gasteiger partial charge in [-0.3, -0.25) is 0 Å². The molecule has 0 saturated heterocycles. The lowest BCUT2D eigenvalue weighted by atomic mass is 10.1. The van der Waals surface area contributed by atoms with Gasteiger partial charge in [0.1, 0.15) is 11.6 Å². The molecule has 6 heteroatoms. The zero-order valence-electron chi connectivity index (χ0n) is 10.7. The highest BCUT2D eigenvalue weighted by Gasteiger charge is 2.09. The quantitative estimate of drug-likeness (QED) is 0.695. The van der Waals surface area contributed by atoms with Crippen LogP contribution in [0.15, 0.2) is 0 Å². The molecule has 0 aromatic carbocycles. The average molecular weight is 250 g/mol. The summed E-state index contributed by atoms with van der Waals surface area (Å²) in [6, 6.07) is 2.14. The molecule has 18 heavy (non-hydrogen) atoms. The lowest BCUT2D eigenvalue weighted by molar-refractivity contribution is 0.0922. The molecule has 1 aromatic heterocycles. The maximum atomic E-state index is 9.09. The maximum Gasteiger partial charge on any atom is 0.166 e. The highest BCUT2D eigenvalue weighted by molar-refractivity contribution is 5.55. The standard InChI is InChI=1S/C12H18N4O2/c1-9-10(2)15-16-12(11(9)8-13)14-4-3-6-18-7-5-17/h17H,3-7H2,1-2H3,(H,14,16). The number of aliphatic hydroxyl groups excluding tert-OH is 1. The van der Waals surface area contributed by atoms with Gasteiger partial charge < -0.3 is 15.2 Å². The van der Waals surface area contributed by atoms with E-state index in [4.69, 9.17) is 15.1 Å². The van der Waals surface area contributed by atoms with Crippen molar-refractivity contribution in [3.63, 3.8) is 0 Å². The van der Waals surface area contributed by atoms with Crippen LogP contribution in [0.4, 0.5) is 5.82 Å². The van der Waals surface area contributed by atoms with Crippen LogP contribution in [0, 0.1) is 25.2 Å². The fourth-order valence-electron chi connectivity index (χ4n) is 1.42. The molecular formula is C12H18N4O2. The second-order valence-corrected chi connectivity index (χ2v) is 3.86. The number of hydrogen-bond acceptors (Lipinski definition) is 6. The van der Waals surface area contributed by atoms with Crippen LogP contribution < -0.4 is 5.32 Å². The van der Waals surface area contributed by atoms with Crippen molar-refractivity contribution in [3.05, 3.63) is 16.8 Å². The van der Waals surface area contributed by atoms with Gasteiger partial charge in [-0.1, -0.05) is 0 Å². The van der Waals surface area contributed by atoms with Crippen LogP contribution in [0.3, 0.4) is 0 Å². The second kappa shape index (κ2) is 7.58. The van der Waals surface area contributed by atoms with E-state index >= 15 is 0 Å². The molecule has 6 nitrogen and oxygen atoms in total. The zero-order chi connectivity index (χ0) is 13.4. The summed E-state index contributed by atoms with van der Waals surface area (Å²) in [5.74, 6) is 0.516. The van der Waals surface area contributed by atoms with Crippen molar-refractivity contribution in [1.82, 2.24) is 10.2 Å². The van der Waals surface area contributed by atoms with Gasteiger partial charge in [-0.2, -0.15) is 10.4 Å². The largest absolute Gasteiger partial charge is 0.394 e. The molecule has 0 atom stereocenters. The first-order chi connectivity index (χ1) is 8.70. The maximum absolute atomic E-state index is 9.09. The fourth-order valence-corrected chi connectivity index (χ4v) is 1.42. The van der Waals surface area contributed by atoms with Crippen LogP contribution in [0.2, 0.25) is 0 Å². The van der Waals surface area contributed by atoms with Gasteiger partial charge in [-0.05, 0) is 25.8 Å². The first-order valence-corrected chi connectivity index (χ1v) is 5.87. The Kier molecular flexibility index (Phi) is 6.05. The minimum atomic E-state index is 0.0364. The predicted octanol–water partition coefficient (Wildman–Crippen LogP) is 0.776. The van der Waals surface area contributed by atoms with E-state index in [1.807, 2.05) is 13.8 Å². The van der Waals surface area contributed by atoms with Crippen molar-refractivity contribution in [2.45, 2.75) is 20.3 Å². The Balaban J connectivity index is 2.48. The molecule has 1 aromatic rings. The first-order valence-electron chi connectivity index (χ1n) is 5.87. The number of aryl methyl sites for hydroxylation is 1. The van der Waals surface area contributed by atoms with Gasteiger partial charge in [-0.25, -0.2) is 0 Å². The number of ether oxygens (including phenoxy) is 1. The smallest absolute Gasteiger partial charge is 0.166 e. The highest BCUT2D eigenvalue weighted by Crippen LogP contribution is 2.16. The molecule has 0 amide bonds. The Morgan fingerprint density at radius 2 is 2.11 bits per heavy atom. The summed E-state index contributed by atoms with van der Waals surface area (Å²) in [6.07, 6.45) is 0.777. The van der Waals surface area contributed by atoms with E-state index in [-0.39, 0.29) is 6.61 Å². The Morgan fingerprint density at radius 3 is 2.78 bits per heavy atom. The van der Waals surface area contributed by atoms with E-state index in [1.165, 1.54) is 0 Å². The third-order valence-electron chi connectivity index (χ3n) is 2.56. The lowest BCUT2D eigenvalue weighted by Gasteiger charge is -2.09. The van der Waals surface area contributed by atoms with Gasteiger partial charge in [0.15, 0.2) is 5.82 Å². The van der Waals surface area contributed by atoms with Gasteiger partial charge in [0.05, 0.1) is 18.9 Å². The Bertz CT molecular complexity index is 429. The summed E-state index contributed by atoms with van der Waals surface area (Å²) in [5, 5.41) is 28.7. The highest BCUT2D eigenvalue weighted by atomic mass is 16.5. The molecule has 0 bridgehead atoms. The van der Waals surface area contributed by atoms with Crippen LogP contribution in [-0.4, -0.2) is 41.7 Å². The lowest BCUT2D eigenvalue weighted by Crippen LogP contribution is -2.11. The summed E-state index contributed by atoms with van der Waals surface area (Å²) < 4.78 is 5.13. The number of nitrogens with zero attached hydrogens (tertiary/aromatic N) is 3. The molecule has 0 aliphatic heterocycles. The fraction of sp³-hybridized carbons (Fsp3) is 0.583. The van der Waals surface area contributed by atoms with Gasteiger partial charge in [0, 0.05) is 13.2 Å². The molecule has 1 rings (SSSR count). The minimum absolute atomic E-state index is 0.0364. The van der Waals surface area contributed by atoms with E-state index < -0.39 is 0 Å². The van der Waals surface area contributed by atoms with Crippen LogP contribution >= 0.6 is 0 Å². The number of hydrogen-bond donors (Lipinski definition) is 2. The van der Waals surface area contributed by atoms with Gasteiger partial charge >= 0.3 is 0 Å². The van der Waals surface area contributed by atoms with Gasteiger partial charge in [0.25, 0.3) is 0 Å². The number of aromatic nitrogens is 2. The number of rotatable bonds is 7. The normalized spacial score (nSPS) is 10.1. The van der Waals surface area contributed by atoms with Crippen LogP contribution in [0.25, 0.3) is 0 Å². The molecule has 98 valence electrons. The van der Waals surface area contributed by atoms with Crippen LogP contribution in [0.5, 0.6) is 0 Å². The van der Waals surface area contributed by atoms with Crippen LogP contribution in [-0.2, 0) is 4.74 Å². The molecule has 0 aliphatic carbocycles. The summed E-state index contributed by atoms with van der Waals surface area (Å²) >= 11 is 0. The third kappa shape index (κ3) is 3.95. The van der Waals surface area contributed by atoms with E-state index in [2.05, 4.69) is 21.6 Å². The predicted molar refractivity (Wildman–Crippen MR) is 67.2 cm³/mol. The molecule has 0 radical (unpaired) electrons. The molecule has 0 saturated carbocycles. The number of nitriles is 1. The summed E-state index contributed by atoms with van der Waals surface area (Å²) in [7, 11) is 0. The molecule has 0 fully saturated rings. The zero-order valence-corrected chi connectivity index (χ0v) is 10.7. The Labute approximate surface area is 107 Å². The summed E-state index contributed by atoms with van der Waals surface area (Å²) in [6.45, 7) is 5.29. The van der Waals surface area contributed by atoms with Crippen LogP contribution in [0.1, 0.15) is 23.2 Å². The summed E-state index contributed by atoms with van der Waals surface area (Å²) in [4.78, 5) is 0. The van der Waals surface area contributed by atoms with Crippen molar-refractivity contribution in [3.8, 4) is 6.07 Å². The van der Waals surface area contributed by atoms with Crippen molar-refractivity contribution in [2.24, 2.45) is 0 Å². The Morgan fingerprint density at radius 1 is 1.33 bits per heavy atom. The topological polar surface area (TPSA) is 91.1 Å². The Hall–Kier alpha value is -1.71. The van der Waals surface area contributed by atoms with E-state index in [0.29, 0.717) is 31.1 Å². The monoisotopic (exact) mass is 250 g/mol. The average Bonchev–Trinajstić information content (AvgIpc) is 2.38. The van der Waals surface area contributed by atoms with E-state index in [0.717, 1.165) is 17.7 Å². The second-order valence-electron chi connectivity index (χ2n) is 3.86. The van der Waals surface area contributed by atoms with Crippen molar-refractivity contribution in [1.29, 1.82) is 5.26 Å². The van der Waals surface area contributed by atoms with E-state index in [1.54, 1.807) is 0 Å². The number of nitrogens with one attached hydrogen (secondary N) is 1. The molecule has 0 aliphatic rings. The molecule has 1 heterocycles. The van der Waals surface area contributed by atoms with Crippen molar-refractivity contribution < 1.29 is 9.84 Å². The van der Waals surface area contributed by atoms with E-state index in [9.17, 15) is 0 Å². The first kappa shape index (κ1) is 14.4. The SMILES string of the molecule is Cc1nnc(NCCCOCCO)c(C#N)c1C. The van der Waals surface area contributed by atoms with Gasteiger partial charge in [0.2, 0.25) is 0 Å². The third-order valence-corrected chi connectivity index (χ3v) is 2.56. The number of anilines is 1. The van der Waals surface area contributed by atoms with Crippen molar-refractivity contribution in [2.75, 3.05) is 31.7 Å². The minimum Gasteiger partial charge on any atom is -0.394 e. The molecule has 0 unspecified atom stereocenters. The summed E-state index contributed by atoms with van der Waals surface area (Å²) in [5.41, 5.74) is 2.16. The van der Waals surface area contributed by atoms with Crippen molar-refractivity contribution >= 4 is 5.82 Å². The van der Waals surface area contributed by atoms with Gasteiger partial charge in [-0.15, -0.1) is 5.10 Å². The number of aliphatic hydroxyl groups is 1. The molecular weight excluding hydrogens is 232 g/mol. The molecule has 0 spiro atoms. The molecule has 2 N–H and O–H groups in total.